The van der Waals surface area contributed by atoms with E-state index in [1.165, 1.54) is 0 Å². The van der Waals surface area contributed by atoms with E-state index in [-0.39, 0.29) is 5.91 Å². The average molecular weight is 274 g/mol. The van der Waals surface area contributed by atoms with Crippen LogP contribution < -0.4 is 14.8 Å². The summed E-state index contributed by atoms with van der Waals surface area (Å²) in [6, 6.07) is 9.22. The van der Waals surface area contributed by atoms with E-state index in [1.54, 1.807) is 13.3 Å². The number of hydrogen-bond donors (Lipinski definition) is 2. The highest BCUT2D eigenvalue weighted by Crippen LogP contribution is 2.16. The molecule has 0 aliphatic heterocycles. The van der Waals surface area contributed by atoms with Gasteiger partial charge in [-0.3, -0.25) is 4.79 Å². The van der Waals surface area contributed by atoms with E-state index in [1.807, 2.05) is 36.5 Å². The molecule has 1 aromatic heterocycles. The van der Waals surface area contributed by atoms with Gasteiger partial charge in [-0.2, -0.15) is 0 Å². The van der Waals surface area contributed by atoms with Crippen LogP contribution in [0.5, 0.6) is 11.5 Å². The second-order valence-corrected chi connectivity index (χ2v) is 4.27. The van der Waals surface area contributed by atoms with Gasteiger partial charge in [0.15, 0.2) is 0 Å². The number of carbonyl (C=O) groups excluding carboxylic acids is 1. The Morgan fingerprint density at radius 2 is 1.95 bits per heavy atom. The molecule has 0 radical (unpaired) electrons. The number of amides is 1. The number of rotatable bonds is 7. The van der Waals surface area contributed by atoms with Gasteiger partial charge in [0.25, 0.3) is 0 Å². The quantitative estimate of drug-likeness (QED) is 0.756. The van der Waals surface area contributed by atoms with Crippen molar-refractivity contribution in [2.45, 2.75) is 6.42 Å². The highest BCUT2D eigenvalue weighted by atomic mass is 16.5. The lowest BCUT2D eigenvalue weighted by Crippen LogP contribution is -2.29. The van der Waals surface area contributed by atoms with Crippen LogP contribution in [0.1, 0.15) is 5.56 Å². The first kappa shape index (κ1) is 14.0. The zero-order valence-corrected chi connectivity index (χ0v) is 11.4. The van der Waals surface area contributed by atoms with Crippen molar-refractivity contribution in [3.05, 3.63) is 48.3 Å². The van der Waals surface area contributed by atoms with Crippen LogP contribution in [0.2, 0.25) is 0 Å². The van der Waals surface area contributed by atoms with E-state index < -0.39 is 0 Å². The van der Waals surface area contributed by atoms with Crippen molar-refractivity contribution in [2.75, 3.05) is 20.3 Å². The monoisotopic (exact) mass is 274 g/mol. The van der Waals surface area contributed by atoms with Gasteiger partial charge in [-0.15, -0.1) is 0 Å². The normalized spacial score (nSPS) is 10.1. The van der Waals surface area contributed by atoms with Crippen LogP contribution >= 0.6 is 0 Å². The van der Waals surface area contributed by atoms with Gasteiger partial charge >= 0.3 is 0 Å². The Bertz CT molecular complexity index is 521. The molecule has 2 N–H and O–H groups in total. The highest BCUT2D eigenvalue weighted by molar-refractivity contribution is 5.78. The number of ether oxygens (including phenoxy) is 2. The Labute approximate surface area is 117 Å². The Balaban J connectivity index is 1.64. The van der Waals surface area contributed by atoms with Gasteiger partial charge in [-0.1, -0.05) is 0 Å². The Kier molecular flexibility index (Phi) is 5.06. The summed E-state index contributed by atoms with van der Waals surface area (Å²) in [6.45, 7) is 0.917. The second-order valence-electron chi connectivity index (χ2n) is 4.27. The molecule has 1 aromatic carbocycles. The predicted octanol–water partition coefficient (Wildman–Crippen LogP) is 1.76. The predicted molar refractivity (Wildman–Crippen MR) is 76.0 cm³/mol. The first-order chi connectivity index (χ1) is 9.78. The molecule has 0 bridgehead atoms. The van der Waals surface area contributed by atoms with Crippen LogP contribution in [0.4, 0.5) is 0 Å². The minimum absolute atomic E-state index is 0.0112. The van der Waals surface area contributed by atoms with E-state index in [4.69, 9.17) is 9.47 Å². The lowest BCUT2D eigenvalue weighted by Gasteiger charge is -2.08. The summed E-state index contributed by atoms with van der Waals surface area (Å²) in [7, 11) is 1.62. The summed E-state index contributed by atoms with van der Waals surface area (Å²) in [4.78, 5) is 14.5. The number of aromatic nitrogens is 1. The molecule has 106 valence electrons. The molecule has 0 aliphatic carbocycles. The minimum atomic E-state index is -0.0112. The molecule has 2 rings (SSSR count). The summed E-state index contributed by atoms with van der Waals surface area (Å²) < 4.78 is 10.6. The smallest absolute Gasteiger partial charge is 0.224 e. The summed E-state index contributed by atoms with van der Waals surface area (Å²) >= 11 is 0. The fraction of sp³-hybridized carbons (Fsp3) is 0.267. The lowest BCUT2D eigenvalue weighted by atomic mass is 10.2. The summed E-state index contributed by atoms with van der Waals surface area (Å²) in [6.07, 6.45) is 3.99. The number of H-pyrrole nitrogens is 1. The molecule has 5 heteroatoms. The van der Waals surface area contributed by atoms with Crippen LogP contribution in [-0.4, -0.2) is 31.2 Å². The van der Waals surface area contributed by atoms with Gasteiger partial charge in [0.2, 0.25) is 5.91 Å². The number of nitrogens with one attached hydrogen (secondary N) is 2. The molecular weight excluding hydrogens is 256 g/mol. The van der Waals surface area contributed by atoms with Crippen LogP contribution in [0.25, 0.3) is 0 Å². The largest absolute Gasteiger partial charge is 0.497 e. The summed E-state index contributed by atoms with van der Waals surface area (Å²) in [5, 5.41) is 2.81. The van der Waals surface area contributed by atoms with Gasteiger partial charge in [0.05, 0.1) is 20.1 Å². The Morgan fingerprint density at radius 3 is 2.60 bits per heavy atom. The Morgan fingerprint density at radius 1 is 1.20 bits per heavy atom. The zero-order valence-electron chi connectivity index (χ0n) is 11.4. The van der Waals surface area contributed by atoms with Crippen molar-refractivity contribution in [3.8, 4) is 11.5 Å². The molecule has 2 aromatic rings. The molecule has 0 saturated heterocycles. The van der Waals surface area contributed by atoms with Crippen LogP contribution in [0.3, 0.4) is 0 Å². The molecule has 20 heavy (non-hydrogen) atoms. The number of aromatic amines is 1. The van der Waals surface area contributed by atoms with E-state index in [0.29, 0.717) is 19.6 Å². The highest BCUT2D eigenvalue weighted by Gasteiger charge is 2.03. The van der Waals surface area contributed by atoms with E-state index >= 15 is 0 Å². The first-order valence-corrected chi connectivity index (χ1v) is 6.43. The van der Waals surface area contributed by atoms with Crippen LogP contribution in [0.15, 0.2) is 42.7 Å². The van der Waals surface area contributed by atoms with Gasteiger partial charge in [0.1, 0.15) is 18.1 Å². The number of carbonyl (C=O) groups is 1. The van der Waals surface area contributed by atoms with Gasteiger partial charge in [0, 0.05) is 12.4 Å². The topological polar surface area (TPSA) is 63.4 Å². The van der Waals surface area contributed by atoms with Crippen LogP contribution in [0, 0.1) is 0 Å². The van der Waals surface area contributed by atoms with E-state index in [2.05, 4.69) is 10.3 Å². The van der Waals surface area contributed by atoms with E-state index in [0.717, 1.165) is 17.1 Å². The van der Waals surface area contributed by atoms with Crippen molar-refractivity contribution >= 4 is 5.91 Å². The molecule has 1 amide bonds. The van der Waals surface area contributed by atoms with Gasteiger partial charge in [-0.25, -0.2) is 0 Å². The van der Waals surface area contributed by atoms with Crippen LogP contribution in [-0.2, 0) is 11.2 Å². The molecule has 0 spiro atoms. The van der Waals surface area contributed by atoms with Crippen molar-refractivity contribution in [2.24, 2.45) is 0 Å². The lowest BCUT2D eigenvalue weighted by molar-refractivity contribution is -0.120. The van der Waals surface area contributed by atoms with Crippen molar-refractivity contribution in [1.29, 1.82) is 0 Å². The summed E-state index contributed by atoms with van der Waals surface area (Å²) in [5.74, 6) is 1.53. The molecule has 1 heterocycles. The standard InChI is InChI=1S/C15H18N2O3/c1-19-13-2-4-14(5-3-13)20-9-8-17-15(18)10-12-6-7-16-11-12/h2-7,11,16H,8-10H2,1H3,(H,17,18). The van der Waals surface area contributed by atoms with Crippen molar-refractivity contribution in [1.82, 2.24) is 10.3 Å². The minimum Gasteiger partial charge on any atom is -0.497 e. The fourth-order valence-electron chi connectivity index (χ4n) is 1.75. The third kappa shape index (κ3) is 4.35. The van der Waals surface area contributed by atoms with Crippen molar-refractivity contribution in [3.63, 3.8) is 0 Å². The molecule has 0 aliphatic rings. The zero-order chi connectivity index (χ0) is 14.2. The third-order valence-corrected chi connectivity index (χ3v) is 2.78. The van der Waals surface area contributed by atoms with E-state index in [9.17, 15) is 4.79 Å². The second kappa shape index (κ2) is 7.23. The van der Waals surface area contributed by atoms with Crippen molar-refractivity contribution < 1.29 is 14.3 Å². The molecule has 0 saturated carbocycles. The van der Waals surface area contributed by atoms with Gasteiger partial charge < -0.3 is 19.8 Å². The average Bonchev–Trinajstić information content (AvgIpc) is 2.97. The molecular formula is C15H18N2O3. The maximum Gasteiger partial charge on any atom is 0.224 e. The number of hydrogen-bond acceptors (Lipinski definition) is 3. The first-order valence-electron chi connectivity index (χ1n) is 6.43. The number of benzene rings is 1. The molecule has 0 unspecified atom stereocenters. The molecule has 0 atom stereocenters. The maximum atomic E-state index is 11.6. The SMILES string of the molecule is COc1ccc(OCCNC(=O)Cc2cc[nH]c2)cc1. The molecule has 0 fully saturated rings. The third-order valence-electron chi connectivity index (χ3n) is 2.78. The summed E-state index contributed by atoms with van der Waals surface area (Å²) in [5.41, 5.74) is 0.971. The maximum absolute atomic E-state index is 11.6. The number of methoxy groups -OCH3 is 1. The Hall–Kier alpha value is -2.43. The fourth-order valence-corrected chi connectivity index (χ4v) is 1.75. The van der Waals surface area contributed by atoms with Gasteiger partial charge in [-0.05, 0) is 35.9 Å². The molecule has 5 nitrogen and oxygen atoms in total.